The number of benzene rings is 2. The van der Waals surface area contributed by atoms with Crippen LogP contribution in [0.5, 0.6) is 0 Å². The van der Waals surface area contributed by atoms with Gasteiger partial charge in [-0.3, -0.25) is 0 Å². The first kappa shape index (κ1) is 13.4. The summed E-state index contributed by atoms with van der Waals surface area (Å²) in [5.41, 5.74) is 0.525. The average molecular weight is 360 g/mol. The van der Waals surface area contributed by atoms with Crippen molar-refractivity contribution in [2.75, 3.05) is 0 Å². The van der Waals surface area contributed by atoms with Crippen LogP contribution >= 0.6 is 22.6 Å². The highest BCUT2D eigenvalue weighted by atomic mass is 127. The van der Waals surface area contributed by atoms with E-state index in [9.17, 15) is 13.9 Å². The monoisotopic (exact) mass is 360 g/mol. The molecule has 0 aliphatic rings. The molecule has 0 amide bonds. The fraction of sp³-hybridized carbons (Fsp3) is 0.143. The van der Waals surface area contributed by atoms with Crippen LogP contribution in [-0.2, 0) is 0 Å². The van der Waals surface area contributed by atoms with E-state index in [0.717, 1.165) is 3.57 Å². The largest absolute Gasteiger partial charge is 0.383 e. The first-order chi connectivity index (χ1) is 8.52. The Morgan fingerprint density at radius 3 is 2.44 bits per heavy atom. The first-order valence-electron chi connectivity index (χ1n) is 5.39. The van der Waals surface area contributed by atoms with Crippen LogP contribution in [0.15, 0.2) is 36.4 Å². The van der Waals surface area contributed by atoms with Crippen molar-refractivity contribution in [2.45, 2.75) is 13.0 Å². The summed E-state index contributed by atoms with van der Waals surface area (Å²) in [7, 11) is 0. The fourth-order valence-corrected chi connectivity index (χ4v) is 2.46. The van der Waals surface area contributed by atoms with Crippen molar-refractivity contribution in [3.05, 3.63) is 68.3 Å². The van der Waals surface area contributed by atoms with E-state index in [4.69, 9.17) is 0 Å². The van der Waals surface area contributed by atoms with Gasteiger partial charge in [0.2, 0.25) is 0 Å². The van der Waals surface area contributed by atoms with Crippen LogP contribution < -0.4 is 0 Å². The Bertz CT molecular complexity index is 584. The normalized spacial score (nSPS) is 12.5. The molecule has 0 fully saturated rings. The maximum Gasteiger partial charge on any atom is 0.135 e. The standard InChI is InChI=1S/C14H11F2IO/c1-8-6-7-10(15)12(13(8)16)14(18)9-4-2-3-5-11(9)17/h2-7,14,18H,1H3. The SMILES string of the molecule is Cc1ccc(F)c(C(O)c2ccccc2I)c1F. The maximum atomic E-state index is 13.9. The lowest BCUT2D eigenvalue weighted by molar-refractivity contribution is 0.208. The zero-order chi connectivity index (χ0) is 13.3. The predicted octanol–water partition coefficient (Wildman–Crippen LogP) is 3.96. The van der Waals surface area contributed by atoms with Gasteiger partial charge in [0.25, 0.3) is 0 Å². The summed E-state index contributed by atoms with van der Waals surface area (Å²) >= 11 is 2.03. The maximum absolute atomic E-state index is 13.9. The lowest BCUT2D eigenvalue weighted by atomic mass is 9.98. The fourth-order valence-electron chi connectivity index (χ4n) is 1.78. The topological polar surface area (TPSA) is 20.2 Å². The quantitative estimate of drug-likeness (QED) is 0.804. The Morgan fingerprint density at radius 1 is 1.11 bits per heavy atom. The summed E-state index contributed by atoms with van der Waals surface area (Å²) in [6.07, 6.45) is -1.29. The molecule has 1 unspecified atom stereocenters. The molecular weight excluding hydrogens is 349 g/mol. The number of aliphatic hydroxyl groups is 1. The van der Waals surface area contributed by atoms with Crippen molar-refractivity contribution < 1.29 is 13.9 Å². The van der Waals surface area contributed by atoms with E-state index in [1.54, 1.807) is 31.2 Å². The highest BCUT2D eigenvalue weighted by Gasteiger charge is 2.22. The summed E-state index contributed by atoms with van der Waals surface area (Å²) in [4.78, 5) is 0. The average Bonchev–Trinajstić information content (AvgIpc) is 2.35. The molecule has 2 aromatic rings. The van der Waals surface area contributed by atoms with E-state index >= 15 is 0 Å². The Labute approximate surface area is 118 Å². The third kappa shape index (κ3) is 2.40. The minimum Gasteiger partial charge on any atom is -0.383 e. The van der Waals surface area contributed by atoms with Crippen molar-refractivity contribution in [3.8, 4) is 0 Å². The van der Waals surface area contributed by atoms with Crippen LogP contribution in [0.1, 0.15) is 22.8 Å². The summed E-state index contributed by atoms with van der Waals surface area (Å²) in [6.45, 7) is 1.54. The van der Waals surface area contributed by atoms with Gasteiger partial charge >= 0.3 is 0 Å². The van der Waals surface area contributed by atoms with Crippen LogP contribution in [0.3, 0.4) is 0 Å². The minimum absolute atomic E-state index is 0.292. The first-order valence-corrected chi connectivity index (χ1v) is 6.47. The molecule has 0 aliphatic heterocycles. The van der Waals surface area contributed by atoms with Gasteiger partial charge in [0.15, 0.2) is 0 Å². The Hall–Kier alpha value is -1.01. The molecule has 0 aliphatic carbocycles. The number of aryl methyl sites for hydroxylation is 1. The molecule has 2 aromatic carbocycles. The summed E-state index contributed by atoms with van der Waals surface area (Å²) in [5, 5.41) is 10.2. The number of aliphatic hydroxyl groups excluding tert-OH is 1. The van der Waals surface area contributed by atoms with Crippen molar-refractivity contribution in [1.82, 2.24) is 0 Å². The molecule has 1 N–H and O–H groups in total. The van der Waals surface area contributed by atoms with Crippen molar-refractivity contribution in [3.63, 3.8) is 0 Å². The molecular formula is C14H11F2IO. The van der Waals surface area contributed by atoms with Crippen molar-refractivity contribution >= 4 is 22.6 Å². The summed E-state index contributed by atoms with van der Waals surface area (Å²) in [6, 6.07) is 9.51. The Morgan fingerprint density at radius 2 is 1.78 bits per heavy atom. The molecule has 0 bridgehead atoms. The third-order valence-electron chi connectivity index (χ3n) is 2.79. The van der Waals surface area contributed by atoms with E-state index in [-0.39, 0.29) is 5.56 Å². The van der Waals surface area contributed by atoms with Gasteiger partial charge in [-0.1, -0.05) is 24.3 Å². The number of hydrogen-bond donors (Lipinski definition) is 1. The lowest BCUT2D eigenvalue weighted by Crippen LogP contribution is -2.08. The zero-order valence-corrected chi connectivity index (χ0v) is 11.8. The molecule has 2 rings (SSSR count). The van der Waals surface area contributed by atoms with Crippen molar-refractivity contribution in [2.24, 2.45) is 0 Å². The predicted molar refractivity (Wildman–Crippen MR) is 74.3 cm³/mol. The Kier molecular flexibility index (Phi) is 3.97. The van der Waals surface area contributed by atoms with Gasteiger partial charge in [-0.25, -0.2) is 8.78 Å². The molecule has 0 radical (unpaired) electrons. The van der Waals surface area contributed by atoms with E-state index in [0.29, 0.717) is 11.1 Å². The smallest absolute Gasteiger partial charge is 0.135 e. The minimum atomic E-state index is -1.29. The molecule has 4 heteroatoms. The zero-order valence-electron chi connectivity index (χ0n) is 9.62. The summed E-state index contributed by atoms with van der Waals surface area (Å²) < 4.78 is 28.4. The third-order valence-corrected chi connectivity index (χ3v) is 3.78. The van der Waals surface area contributed by atoms with Crippen molar-refractivity contribution in [1.29, 1.82) is 0 Å². The summed E-state index contributed by atoms with van der Waals surface area (Å²) in [5.74, 6) is -1.42. The van der Waals surface area contributed by atoms with E-state index in [2.05, 4.69) is 0 Å². The molecule has 0 saturated carbocycles. The number of halogens is 3. The number of hydrogen-bond acceptors (Lipinski definition) is 1. The van der Waals surface area contributed by atoms with Gasteiger partial charge in [0, 0.05) is 3.57 Å². The second kappa shape index (κ2) is 5.32. The molecule has 0 saturated heterocycles. The van der Waals surface area contributed by atoms with Gasteiger partial charge in [-0.2, -0.15) is 0 Å². The van der Waals surface area contributed by atoms with Crippen LogP contribution in [0, 0.1) is 22.1 Å². The molecule has 0 heterocycles. The van der Waals surface area contributed by atoms with E-state index in [1.165, 1.54) is 12.1 Å². The van der Waals surface area contributed by atoms with Gasteiger partial charge in [0.05, 0.1) is 5.56 Å². The molecule has 0 aromatic heterocycles. The van der Waals surface area contributed by atoms with Gasteiger partial charge in [0.1, 0.15) is 17.7 Å². The molecule has 18 heavy (non-hydrogen) atoms. The van der Waals surface area contributed by atoms with Crippen LogP contribution in [0.25, 0.3) is 0 Å². The molecule has 0 spiro atoms. The van der Waals surface area contributed by atoms with Crippen LogP contribution in [0.2, 0.25) is 0 Å². The highest BCUT2D eigenvalue weighted by molar-refractivity contribution is 14.1. The number of rotatable bonds is 2. The van der Waals surface area contributed by atoms with Crippen LogP contribution in [0.4, 0.5) is 8.78 Å². The molecule has 1 atom stereocenters. The second-order valence-corrected chi connectivity index (χ2v) is 5.18. The van der Waals surface area contributed by atoms with Gasteiger partial charge in [-0.05, 0) is 52.8 Å². The van der Waals surface area contributed by atoms with E-state index in [1.807, 2.05) is 22.6 Å². The second-order valence-electron chi connectivity index (χ2n) is 4.02. The van der Waals surface area contributed by atoms with E-state index < -0.39 is 17.7 Å². The molecule has 94 valence electrons. The highest BCUT2D eigenvalue weighted by Crippen LogP contribution is 2.30. The molecule has 1 nitrogen and oxygen atoms in total. The van der Waals surface area contributed by atoms with Gasteiger partial charge < -0.3 is 5.11 Å². The lowest BCUT2D eigenvalue weighted by Gasteiger charge is -2.15. The van der Waals surface area contributed by atoms with Gasteiger partial charge in [-0.15, -0.1) is 0 Å². The van der Waals surface area contributed by atoms with Crippen LogP contribution in [-0.4, -0.2) is 5.11 Å². The Balaban J connectivity index is 2.56.